The van der Waals surface area contributed by atoms with E-state index >= 15 is 0 Å². The molecule has 0 spiro atoms. The van der Waals surface area contributed by atoms with Crippen LogP contribution in [0.2, 0.25) is 0 Å². The molecule has 1 heterocycles. The topological polar surface area (TPSA) is 105 Å². The fraction of sp³-hybridized carbons (Fsp3) is 0.500. The zero-order valence-electron chi connectivity index (χ0n) is 19.3. The number of likely N-dealkylation sites (tertiary alicyclic amines) is 1. The molecule has 8 nitrogen and oxygen atoms in total. The molecule has 9 heteroatoms. The van der Waals surface area contributed by atoms with Gasteiger partial charge in [-0.05, 0) is 58.6 Å². The standard InChI is InChI=1S/C24H31N3O5S/c1-24(2,3)32-23(29)27-14-12-17(13-15-27)26-33(30,31)21-11-10-20(25-22(28)16-8-9-16)18-6-4-5-7-19(18)21/h4-7,10-11,16-17,26H,8-9,12-15H2,1-3H3,(H,25,28). The van der Waals surface area contributed by atoms with Crippen molar-refractivity contribution in [1.82, 2.24) is 9.62 Å². The van der Waals surface area contributed by atoms with Crippen molar-refractivity contribution < 1.29 is 22.7 Å². The molecule has 33 heavy (non-hydrogen) atoms. The molecule has 1 aliphatic carbocycles. The Morgan fingerprint density at radius 2 is 1.61 bits per heavy atom. The largest absolute Gasteiger partial charge is 0.444 e. The van der Waals surface area contributed by atoms with Crippen molar-refractivity contribution in [1.29, 1.82) is 0 Å². The Morgan fingerprint density at radius 3 is 2.21 bits per heavy atom. The Morgan fingerprint density at radius 1 is 0.970 bits per heavy atom. The molecule has 0 bridgehead atoms. The van der Waals surface area contributed by atoms with Crippen molar-refractivity contribution in [3.8, 4) is 0 Å². The second-order valence-corrected chi connectivity index (χ2v) is 11.5. The van der Waals surface area contributed by atoms with Gasteiger partial charge in [0.2, 0.25) is 15.9 Å². The zero-order valence-corrected chi connectivity index (χ0v) is 20.1. The maximum Gasteiger partial charge on any atom is 0.410 e. The van der Waals surface area contributed by atoms with Crippen molar-refractivity contribution in [2.45, 2.75) is 63.0 Å². The smallest absolute Gasteiger partial charge is 0.410 e. The lowest BCUT2D eigenvalue weighted by Gasteiger charge is -2.33. The van der Waals surface area contributed by atoms with E-state index in [2.05, 4.69) is 10.0 Å². The van der Waals surface area contributed by atoms with E-state index in [1.807, 2.05) is 32.9 Å². The molecule has 0 unspecified atom stereocenters. The number of amides is 2. The summed E-state index contributed by atoms with van der Waals surface area (Å²) in [5.41, 5.74) is 0.0491. The van der Waals surface area contributed by atoms with Gasteiger partial charge in [0.1, 0.15) is 5.60 Å². The van der Waals surface area contributed by atoms with Gasteiger partial charge in [0.15, 0.2) is 0 Å². The van der Waals surface area contributed by atoms with Crippen LogP contribution in [0.4, 0.5) is 10.5 Å². The highest BCUT2D eigenvalue weighted by Crippen LogP contribution is 2.33. The fourth-order valence-electron chi connectivity index (χ4n) is 3.98. The van der Waals surface area contributed by atoms with Crippen LogP contribution in [0.15, 0.2) is 41.3 Å². The first-order valence-electron chi connectivity index (χ1n) is 11.4. The van der Waals surface area contributed by atoms with Gasteiger partial charge in [0.05, 0.1) is 4.90 Å². The lowest BCUT2D eigenvalue weighted by atomic mass is 10.1. The van der Waals surface area contributed by atoms with Crippen molar-refractivity contribution >= 4 is 38.5 Å². The van der Waals surface area contributed by atoms with Crippen LogP contribution in [0.3, 0.4) is 0 Å². The summed E-state index contributed by atoms with van der Waals surface area (Å²) < 4.78 is 34.7. The lowest BCUT2D eigenvalue weighted by molar-refractivity contribution is -0.117. The minimum Gasteiger partial charge on any atom is -0.444 e. The van der Waals surface area contributed by atoms with Crippen molar-refractivity contribution in [2.24, 2.45) is 5.92 Å². The molecular weight excluding hydrogens is 442 g/mol. The van der Waals surface area contributed by atoms with E-state index in [4.69, 9.17) is 4.74 Å². The average molecular weight is 474 g/mol. The third-order valence-electron chi connectivity index (χ3n) is 5.85. The molecule has 1 aliphatic heterocycles. The second kappa shape index (κ2) is 8.95. The Kier molecular flexibility index (Phi) is 6.37. The molecule has 0 radical (unpaired) electrons. The van der Waals surface area contributed by atoms with Crippen molar-refractivity contribution in [2.75, 3.05) is 18.4 Å². The number of fused-ring (bicyclic) bond motifs is 1. The number of benzene rings is 2. The predicted molar refractivity (Wildman–Crippen MR) is 126 cm³/mol. The molecular formula is C24H31N3O5S. The quantitative estimate of drug-likeness (QED) is 0.686. The molecule has 1 saturated carbocycles. The Bertz CT molecular complexity index is 1160. The van der Waals surface area contributed by atoms with Crippen LogP contribution in [-0.2, 0) is 19.6 Å². The highest BCUT2D eigenvalue weighted by Gasteiger charge is 2.31. The summed E-state index contributed by atoms with van der Waals surface area (Å²) in [6, 6.07) is 10.1. The van der Waals surface area contributed by atoms with E-state index in [1.54, 1.807) is 29.2 Å². The third-order valence-corrected chi connectivity index (χ3v) is 7.43. The summed E-state index contributed by atoms with van der Waals surface area (Å²) in [4.78, 5) is 26.3. The van der Waals surface area contributed by atoms with Gasteiger partial charge in [-0.1, -0.05) is 24.3 Å². The summed E-state index contributed by atoms with van der Waals surface area (Å²) in [6.45, 7) is 6.31. The number of sulfonamides is 1. The fourth-order valence-corrected chi connectivity index (χ4v) is 5.50. The second-order valence-electron chi connectivity index (χ2n) is 9.78. The van der Waals surface area contributed by atoms with Gasteiger partial charge >= 0.3 is 6.09 Å². The van der Waals surface area contributed by atoms with Crippen LogP contribution in [0, 0.1) is 5.92 Å². The summed E-state index contributed by atoms with van der Waals surface area (Å²) in [7, 11) is -3.80. The summed E-state index contributed by atoms with van der Waals surface area (Å²) >= 11 is 0. The molecule has 2 amide bonds. The number of anilines is 1. The monoisotopic (exact) mass is 473 g/mol. The van der Waals surface area contributed by atoms with E-state index in [1.165, 1.54) is 0 Å². The predicted octanol–water partition coefficient (Wildman–Crippen LogP) is 3.87. The Labute approximate surface area is 194 Å². The first-order chi connectivity index (χ1) is 15.5. The molecule has 1 saturated heterocycles. The average Bonchev–Trinajstić information content (AvgIpc) is 3.58. The molecule has 2 aliphatic rings. The number of hydrogen-bond acceptors (Lipinski definition) is 5. The summed E-state index contributed by atoms with van der Waals surface area (Å²) in [6.07, 6.45) is 2.43. The van der Waals surface area contributed by atoms with Gasteiger partial charge < -0.3 is 15.0 Å². The van der Waals surface area contributed by atoms with Gasteiger partial charge in [-0.2, -0.15) is 0 Å². The van der Waals surface area contributed by atoms with Crippen LogP contribution >= 0.6 is 0 Å². The minimum atomic E-state index is -3.80. The van der Waals surface area contributed by atoms with Gasteiger partial charge in [0, 0.05) is 41.5 Å². The first-order valence-corrected chi connectivity index (χ1v) is 12.8. The van der Waals surface area contributed by atoms with Crippen LogP contribution in [0.5, 0.6) is 0 Å². The molecule has 2 aromatic rings. The zero-order chi connectivity index (χ0) is 23.8. The van der Waals surface area contributed by atoms with E-state index in [-0.39, 0.29) is 28.9 Å². The number of piperidine rings is 1. The number of nitrogens with zero attached hydrogens (tertiary/aromatic N) is 1. The molecule has 2 fully saturated rings. The van der Waals surface area contributed by atoms with E-state index in [0.717, 1.165) is 12.8 Å². The highest BCUT2D eigenvalue weighted by molar-refractivity contribution is 7.89. The van der Waals surface area contributed by atoms with E-state index < -0.39 is 15.6 Å². The number of hydrogen-bond donors (Lipinski definition) is 2. The highest BCUT2D eigenvalue weighted by atomic mass is 32.2. The van der Waals surface area contributed by atoms with Crippen molar-refractivity contribution in [3.63, 3.8) is 0 Å². The minimum absolute atomic E-state index is 0.0226. The Hall–Kier alpha value is -2.65. The van der Waals surface area contributed by atoms with Gasteiger partial charge in [-0.3, -0.25) is 4.79 Å². The maximum atomic E-state index is 13.3. The van der Waals surface area contributed by atoms with E-state index in [9.17, 15) is 18.0 Å². The van der Waals surface area contributed by atoms with Gasteiger partial charge in [0.25, 0.3) is 0 Å². The number of nitrogens with one attached hydrogen (secondary N) is 2. The molecule has 178 valence electrons. The van der Waals surface area contributed by atoms with Crippen molar-refractivity contribution in [3.05, 3.63) is 36.4 Å². The number of ether oxygens (including phenoxy) is 1. The first kappa shape index (κ1) is 23.5. The normalized spacial score (nSPS) is 17.7. The van der Waals surface area contributed by atoms with Crippen LogP contribution < -0.4 is 10.0 Å². The summed E-state index contributed by atoms with van der Waals surface area (Å²) in [5, 5.41) is 4.18. The summed E-state index contributed by atoms with van der Waals surface area (Å²) in [5.74, 6) is 0.0333. The molecule has 0 aromatic heterocycles. The molecule has 4 rings (SSSR count). The van der Waals surface area contributed by atoms with Gasteiger partial charge in [-0.15, -0.1) is 0 Å². The molecule has 2 aromatic carbocycles. The molecule has 2 N–H and O–H groups in total. The SMILES string of the molecule is CC(C)(C)OC(=O)N1CCC(NS(=O)(=O)c2ccc(NC(=O)C3CC3)c3ccccc23)CC1. The van der Waals surface area contributed by atoms with Crippen LogP contribution in [-0.4, -0.2) is 50.1 Å². The maximum absolute atomic E-state index is 13.3. The number of carbonyl (C=O) groups is 2. The number of carbonyl (C=O) groups excluding carboxylic acids is 2. The van der Waals surface area contributed by atoms with Crippen LogP contribution in [0.25, 0.3) is 10.8 Å². The Balaban J connectivity index is 1.47. The number of rotatable bonds is 5. The third kappa shape index (κ3) is 5.65. The molecule has 0 atom stereocenters. The van der Waals surface area contributed by atoms with E-state index in [0.29, 0.717) is 42.4 Å². The van der Waals surface area contributed by atoms with Gasteiger partial charge in [-0.25, -0.2) is 17.9 Å². The lowest BCUT2D eigenvalue weighted by Crippen LogP contribution is -2.47. The van der Waals surface area contributed by atoms with Crippen LogP contribution in [0.1, 0.15) is 46.5 Å².